The van der Waals surface area contributed by atoms with Crippen molar-refractivity contribution in [2.45, 2.75) is 43.6 Å². The third kappa shape index (κ3) is 4.74. The largest absolute Gasteiger partial charge is 0.480 e. The number of benzene rings is 1. The van der Waals surface area contributed by atoms with Crippen molar-refractivity contribution in [1.29, 1.82) is 0 Å². The summed E-state index contributed by atoms with van der Waals surface area (Å²) >= 11 is 1.09. The summed E-state index contributed by atoms with van der Waals surface area (Å²) in [4.78, 5) is 24.1. The van der Waals surface area contributed by atoms with Gasteiger partial charge in [0.1, 0.15) is 16.4 Å². The van der Waals surface area contributed by atoms with Gasteiger partial charge in [-0.3, -0.25) is 9.59 Å². The Hall–Kier alpha value is -1.53. The third-order valence-electron chi connectivity index (χ3n) is 3.06. The maximum absolute atomic E-state index is 12.3. The molecule has 1 aromatic rings. The zero-order chi connectivity index (χ0) is 17.0. The number of hydrogen-bond donors (Lipinski definition) is 2. The first-order valence-corrected chi connectivity index (χ1v) is 8.21. The van der Waals surface area contributed by atoms with Crippen LogP contribution in [0.4, 0.5) is 0 Å². The summed E-state index contributed by atoms with van der Waals surface area (Å²) in [5.74, 6) is -1.83. The maximum atomic E-state index is 12.3. The fourth-order valence-electron chi connectivity index (χ4n) is 2.09. The van der Waals surface area contributed by atoms with Gasteiger partial charge in [0.2, 0.25) is 0 Å². The van der Waals surface area contributed by atoms with E-state index in [9.17, 15) is 14.7 Å². The van der Waals surface area contributed by atoms with Gasteiger partial charge in [0.05, 0.1) is 0 Å². The van der Waals surface area contributed by atoms with E-state index in [1.54, 1.807) is 51.3 Å². The molecule has 0 spiro atoms. The molecule has 0 aromatic heterocycles. The van der Waals surface area contributed by atoms with Gasteiger partial charge in [0.15, 0.2) is 0 Å². The molecule has 1 unspecified atom stereocenters. The topological polar surface area (TPSA) is 89.6 Å². The summed E-state index contributed by atoms with van der Waals surface area (Å²) in [7, 11) is 0. The molecule has 3 N–H and O–H groups in total. The van der Waals surface area contributed by atoms with Crippen molar-refractivity contribution < 1.29 is 19.4 Å². The van der Waals surface area contributed by atoms with E-state index in [0.29, 0.717) is 0 Å². The van der Waals surface area contributed by atoms with Gasteiger partial charge < -0.3 is 15.6 Å². The second kappa shape index (κ2) is 7.15. The lowest BCUT2D eigenvalue weighted by Gasteiger charge is -2.33. The van der Waals surface area contributed by atoms with E-state index in [2.05, 4.69) is 0 Å². The number of rotatable bonds is 6. The number of thioether (sulfide) groups is 1. The lowest BCUT2D eigenvalue weighted by Crippen LogP contribution is -2.61. The Morgan fingerprint density at radius 3 is 2.23 bits per heavy atom. The molecule has 0 saturated carbocycles. The Bertz CT molecular complexity index is 527. The smallest absolute Gasteiger partial charge is 0.325 e. The SMILES string of the molecule is CSC(C(=O)OC(C)(C)C)[C@](N)(Cc1ccccc1)C(=O)O. The van der Waals surface area contributed by atoms with E-state index < -0.39 is 28.3 Å². The Balaban J connectivity index is 3.09. The van der Waals surface area contributed by atoms with Gasteiger partial charge in [0.25, 0.3) is 0 Å². The molecule has 122 valence electrons. The highest BCUT2D eigenvalue weighted by atomic mass is 32.2. The minimum absolute atomic E-state index is 0.0495. The average molecular weight is 325 g/mol. The van der Waals surface area contributed by atoms with Gasteiger partial charge in [-0.25, -0.2) is 0 Å². The normalized spacial score (nSPS) is 15.7. The lowest BCUT2D eigenvalue weighted by atomic mass is 9.88. The first-order chi connectivity index (χ1) is 10.1. The zero-order valence-electron chi connectivity index (χ0n) is 13.3. The fraction of sp³-hybridized carbons (Fsp3) is 0.500. The monoisotopic (exact) mass is 325 g/mol. The van der Waals surface area contributed by atoms with E-state index >= 15 is 0 Å². The van der Waals surface area contributed by atoms with Crippen molar-refractivity contribution in [2.75, 3.05) is 6.26 Å². The Morgan fingerprint density at radius 2 is 1.82 bits per heavy atom. The number of carboxylic acid groups (broad SMARTS) is 1. The standard InChI is InChI=1S/C16H23NO4S/c1-15(2,3)21-13(18)12(22-4)16(17,14(19)20)10-11-8-6-5-7-9-11/h5-9,12H,10,17H2,1-4H3,(H,19,20)/t12?,16-/m1/s1. The van der Waals surface area contributed by atoms with Crippen LogP contribution in [0.2, 0.25) is 0 Å². The van der Waals surface area contributed by atoms with E-state index in [1.165, 1.54) is 0 Å². The van der Waals surface area contributed by atoms with E-state index in [4.69, 9.17) is 10.5 Å². The number of aliphatic carboxylic acids is 1. The number of esters is 1. The molecule has 22 heavy (non-hydrogen) atoms. The first kappa shape index (κ1) is 18.5. The van der Waals surface area contributed by atoms with E-state index in [0.717, 1.165) is 17.3 Å². The second-order valence-corrected chi connectivity index (χ2v) is 7.10. The highest BCUT2D eigenvalue weighted by Gasteiger charge is 2.47. The van der Waals surface area contributed by atoms with Crippen LogP contribution in [0.1, 0.15) is 26.3 Å². The predicted octanol–water partition coefficient (Wildman–Crippen LogP) is 2.08. The Labute approximate surface area is 135 Å². The van der Waals surface area contributed by atoms with Crippen LogP contribution in [-0.2, 0) is 20.7 Å². The van der Waals surface area contributed by atoms with Gasteiger partial charge in [-0.15, -0.1) is 11.8 Å². The first-order valence-electron chi connectivity index (χ1n) is 6.92. The molecule has 1 rings (SSSR count). The summed E-state index contributed by atoms with van der Waals surface area (Å²) in [6, 6.07) is 9.02. The minimum atomic E-state index is -1.73. The van der Waals surface area contributed by atoms with Gasteiger partial charge in [-0.1, -0.05) is 30.3 Å². The van der Waals surface area contributed by atoms with Crippen LogP contribution in [0.25, 0.3) is 0 Å². The molecule has 5 nitrogen and oxygen atoms in total. The van der Waals surface area contributed by atoms with Crippen LogP contribution in [-0.4, -0.2) is 39.7 Å². The van der Waals surface area contributed by atoms with Crippen LogP contribution in [0.15, 0.2) is 30.3 Å². The Morgan fingerprint density at radius 1 is 1.27 bits per heavy atom. The van der Waals surface area contributed by atoms with Gasteiger partial charge in [-0.2, -0.15) is 0 Å². The van der Waals surface area contributed by atoms with Crippen LogP contribution in [0.5, 0.6) is 0 Å². The molecule has 6 heteroatoms. The van der Waals surface area contributed by atoms with Crippen molar-refractivity contribution in [3.63, 3.8) is 0 Å². The maximum Gasteiger partial charge on any atom is 0.325 e. The molecule has 2 atom stereocenters. The van der Waals surface area contributed by atoms with Crippen molar-refractivity contribution >= 4 is 23.7 Å². The van der Waals surface area contributed by atoms with E-state index in [1.807, 2.05) is 6.07 Å². The summed E-state index contributed by atoms with van der Waals surface area (Å²) in [5, 5.41) is 8.60. The van der Waals surface area contributed by atoms with Crippen LogP contribution >= 0.6 is 11.8 Å². The minimum Gasteiger partial charge on any atom is -0.480 e. The number of ether oxygens (including phenoxy) is 1. The van der Waals surface area contributed by atoms with Crippen LogP contribution in [0.3, 0.4) is 0 Å². The molecule has 1 aromatic carbocycles. The molecule has 0 amide bonds. The average Bonchev–Trinajstić information content (AvgIpc) is 2.38. The molecule has 0 aliphatic carbocycles. The predicted molar refractivity (Wildman–Crippen MR) is 87.8 cm³/mol. The van der Waals surface area contributed by atoms with Gasteiger partial charge in [0, 0.05) is 6.42 Å². The van der Waals surface area contributed by atoms with Crippen molar-refractivity contribution in [3.8, 4) is 0 Å². The molecular weight excluding hydrogens is 302 g/mol. The molecule has 0 aliphatic heterocycles. The zero-order valence-corrected chi connectivity index (χ0v) is 14.1. The lowest BCUT2D eigenvalue weighted by molar-refractivity contribution is -0.159. The highest BCUT2D eigenvalue weighted by molar-refractivity contribution is 8.00. The molecular formula is C16H23NO4S. The van der Waals surface area contributed by atoms with Crippen LogP contribution in [0, 0.1) is 0 Å². The molecule has 0 radical (unpaired) electrons. The molecule has 0 heterocycles. The third-order valence-corrected chi connectivity index (χ3v) is 4.15. The molecule has 0 saturated heterocycles. The second-order valence-electron chi connectivity index (χ2n) is 6.16. The fourth-order valence-corrected chi connectivity index (χ4v) is 2.93. The summed E-state index contributed by atoms with van der Waals surface area (Å²) in [6.45, 7) is 5.20. The number of nitrogens with two attached hydrogens (primary N) is 1. The van der Waals surface area contributed by atoms with Crippen LogP contribution < -0.4 is 5.73 Å². The van der Waals surface area contributed by atoms with Gasteiger partial charge >= 0.3 is 11.9 Å². The highest BCUT2D eigenvalue weighted by Crippen LogP contribution is 2.27. The van der Waals surface area contributed by atoms with Crippen molar-refractivity contribution in [1.82, 2.24) is 0 Å². The van der Waals surface area contributed by atoms with E-state index in [-0.39, 0.29) is 6.42 Å². The molecule has 0 fully saturated rings. The number of carbonyl (C=O) groups is 2. The quantitative estimate of drug-likeness (QED) is 0.778. The number of carbonyl (C=O) groups excluding carboxylic acids is 1. The summed E-state index contributed by atoms with van der Waals surface area (Å²) in [5.41, 5.74) is 4.46. The number of hydrogen-bond acceptors (Lipinski definition) is 5. The van der Waals surface area contributed by atoms with Gasteiger partial charge in [-0.05, 0) is 32.6 Å². The summed E-state index contributed by atoms with van der Waals surface area (Å²) in [6.07, 6.45) is 1.71. The van der Waals surface area contributed by atoms with Crippen molar-refractivity contribution in [3.05, 3.63) is 35.9 Å². The summed E-state index contributed by atoms with van der Waals surface area (Å²) < 4.78 is 5.32. The number of carboxylic acids is 1. The Kier molecular flexibility index (Phi) is 6.02. The van der Waals surface area contributed by atoms with Crippen molar-refractivity contribution in [2.24, 2.45) is 5.73 Å². The molecule has 0 bridgehead atoms. The molecule has 0 aliphatic rings.